The zero-order valence-corrected chi connectivity index (χ0v) is 16.4. The van der Waals surface area contributed by atoms with Gasteiger partial charge in [0, 0.05) is 24.3 Å². The number of H-pyrrole nitrogens is 1. The van der Waals surface area contributed by atoms with Gasteiger partial charge < -0.3 is 19.6 Å². The van der Waals surface area contributed by atoms with Crippen molar-refractivity contribution in [2.75, 3.05) is 7.05 Å². The number of hydrogen-bond donors (Lipinski definition) is 2. The lowest BCUT2D eigenvalue weighted by molar-refractivity contribution is 0.0463. The summed E-state index contributed by atoms with van der Waals surface area (Å²) >= 11 is 0. The van der Waals surface area contributed by atoms with Gasteiger partial charge in [-0.2, -0.15) is 0 Å². The molecular weight excluding hydrogens is 368 g/mol. The van der Waals surface area contributed by atoms with Crippen LogP contribution in [0.15, 0.2) is 45.7 Å². The van der Waals surface area contributed by atoms with Crippen LogP contribution >= 0.6 is 0 Å². The van der Waals surface area contributed by atoms with Crippen LogP contribution in [0.2, 0.25) is 0 Å². The van der Waals surface area contributed by atoms with E-state index >= 15 is 0 Å². The molecule has 2 bridgehead atoms. The van der Waals surface area contributed by atoms with Crippen molar-refractivity contribution in [2.45, 2.75) is 50.2 Å². The third-order valence-corrected chi connectivity index (χ3v) is 6.39. The first-order valence-corrected chi connectivity index (χ1v) is 10.2. The molecule has 1 amide bonds. The summed E-state index contributed by atoms with van der Waals surface area (Å²) in [6, 6.07) is 9.95. The average molecular weight is 392 g/mol. The van der Waals surface area contributed by atoms with E-state index in [1.54, 1.807) is 36.5 Å². The number of aromatic amines is 1. The molecule has 0 spiro atoms. The summed E-state index contributed by atoms with van der Waals surface area (Å²) in [6.07, 6.45) is 7.21. The van der Waals surface area contributed by atoms with Crippen molar-refractivity contribution in [1.29, 1.82) is 0 Å². The lowest BCUT2D eigenvalue weighted by Crippen LogP contribution is -2.55. The molecule has 7 nitrogen and oxygen atoms in total. The molecular formula is C22H24N4O3. The number of amides is 1. The minimum absolute atomic E-state index is 0.134. The Morgan fingerprint density at radius 1 is 1.21 bits per heavy atom. The summed E-state index contributed by atoms with van der Waals surface area (Å²) in [5, 5.41) is 3.22. The predicted octanol–water partition coefficient (Wildman–Crippen LogP) is 2.93. The van der Waals surface area contributed by atoms with Crippen LogP contribution in [-0.4, -0.2) is 45.9 Å². The van der Waals surface area contributed by atoms with Crippen LogP contribution in [-0.2, 0) is 0 Å². The van der Waals surface area contributed by atoms with E-state index in [1.165, 1.54) is 19.3 Å². The number of oxazole rings is 1. The highest BCUT2D eigenvalue weighted by Crippen LogP contribution is 2.33. The molecule has 2 N–H and O–H groups in total. The van der Waals surface area contributed by atoms with Gasteiger partial charge in [-0.25, -0.2) is 4.98 Å². The Morgan fingerprint density at radius 2 is 2.00 bits per heavy atom. The Kier molecular flexibility index (Phi) is 4.47. The number of hydrogen-bond acceptors (Lipinski definition) is 5. The molecule has 1 aromatic carbocycles. The first kappa shape index (κ1) is 18.1. The number of nitrogens with one attached hydrogen (secondary N) is 2. The Morgan fingerprint density at radius 3 is 2.76 bits per heavy atom. The summed E-state index contributed by atoms with van der Waals surface area (Å²) in [5.74, 6) is 0.0842. The second kappa shape index (κ2) is 7.15. The number of nitrogens with zero attached hydrogens (tertiary/aromatic N) is 2. The van der Waals surface area contributed by atoms with Crippen molar-refractivity contribution in [3.05, 3.63) is 52.4 Å². The van der Waals surface area contributed by atoms with Gasteiger partial charge in [-0.3, -0.25) is 9.59 Å². The minimum atomic E-state index is -0.275. The van der Waals surface area contributed by atoms with Gasteiger partial charge in [0.05, 0.1) is 5.56 Å². The van der Waals surface area contributed by atoms with E-state index in [0.717, 1.165) is 12.8 Å². The topological polar surface area (TPSA) is 91.2 Å². The van der Waals surface area contributed by atoms with E-state index in [4.69, 9.17) is 4.42 Å². The molecule has 2 aromatic heterocycles. The van der Waals surface area contributed by atoms with Crippen LogP contribution in [0.3, 0.4) is 0 Å². The number of pyridine rings is 1. The fraction of sp³-hybridized carbons (Fsp3) is 0.409. The molecule has 3 aromatic rings. The quantitative estimate of drug-likeness (QED) is 0.715. The summed E-state index contributed by atoms with van der Waals surface area (Å²) in [7, 11) is 2.20. The second-order valence-electron chi connectivity index (χ2n) is 8.13. The lowest BCUT2D eigenvalue weighted by Gasteiger charge is -2.47. The molecule has 29 heavy (non-hydrogen) atoms. The summed E-state index contributed by atoms with van der Waals surface area (Å²) in [4.78, 5) is 34.7. The molecule has 5 rings (SSSR count). The van der Waals surface area contributed by atoms with Gasteiger partial charge >= 0.3 is 0 Å². The maximum Gasteiger partial charge on any atom is 0.260 e. The van der Waals surface area contributed by atoms with E-state index in [2.05, 4.69) is 27.2 Å². The van der Waals surface area contributed by atoms with Crippen molar-refractivity contribution < 1.29 is 9.21 Å². The molecule has 2 atom stereocenters. The van der Waals surface area contributed by atoms with E-state index in [1.807, 2.05) is 0 Å². The molecule has 7 heteroatoms. The highest BCUT2D eigenvalue weighted by molar-refractivity contribution is 6.05. The molecule has 2 saturated heterocycles. The molecule has 4 heterocycles. The number of aromatic nitrogens is 2. The van der Waals surface area contributed by atoms with Gasteiger partial charge in [0.1, 0.15) is 11.1 Å². The summed E-state index contributed by atoms with van der Waals surface area (Å²) in [6.45, 7) is 0. The lowest BCUT2D eigenvalue weighted by atomic mass is 9.82. The maximum absolute atomic E-state index is 13.1. The van der Waals surface area contributed by atoms with Crippen LogP contribution < -0.4 is 10.9 Å². The summed E-state index contributed by atoms with van der Waals surface area (Å²) < 4.78 is 5.77. The first-order valence-electron chi connectivity index (χ1n) is 10.2. The Hall–Kier alpha value is -2.93. The molecule has 2 unspecified atom stereocenters. The van der Waals surface area contributed by atoms with Gasteiger partial charge in [-0.1, -0.05) is 12.5 Å². The Labute approximate surface area is 168 Å². The van der Waals surface area contributed by atoms with E-state index < -0.39 is 0 Å². The van der Waals surface area contributed by atoms with E-state index in [9.17, 15) is 9.59 Å². The van der Waals surface area contributed by atoms with Crippen LogP contribution in [0.5, 0.6) is 0 Å². The third kappa shape index (κ3) is 3.25. The molecule has 0 saturated carbocycles. The summed E-state index contributed by atoms with van der Waals surface area (Å²) in [5.41, 5.74) is 1.53. The number of fused-ring (bicyclic) bond motifs is 3. The zero-order chi connectivity index (χ0) is 20.0. The Bertz CT molecular complexity index is 1100. The van der Waals surface area contributed by atoms with Crippen molar-refractivity contribution in [1.82, 2.24) is 20.2 Å². The maximum atomic E-state index is 13.1. The van der Waals surface area contributed by atoms with Gasteiger partial charge in [0.25, 0.3) is 11.5 Å². The van der Waals surface area contributed by atoms with Gasteiger partial charge in [0.15, 0.2) is 5.58 Å². The van der Waals surface area contributed by atoms with Crippen molar-refractivity contribution in [3.8, 4) is 11.5 Å². The van der Waals surface area contributed by atoms with E-state index in [-0.39, 0.29) is 23.4 Å². The second-order valence-corrected chi connectivity index (χ2v) is 8.13. The third-order valence-electron chi connectivity index (χ3n) is 6.39. The molecule has 0 aliphatic carbocycles. The van der Waals surface area contributed by atoms with Crippen LogP contribution in [0.4, 0.5) is 0 Å². The number of piperidine rings is 2. The molecule has 2 fully saturated rings. The minimum Gasteiger partial charge on any atom is -0.436 e. The zero-order valence-electron chi connectivity index (χ0n) is 16.4. The fourth-order valence-corrected chi connectivity index (χ4v) is 4.83. The standard InChI is InChI=1S/C22H24N4O3/c1-26-14-5-2-6-15(26)12-13(11-14)24-21(28)16-7-3-9-18-19(16)25-22(29-18)17-8-4-10-23-20(17)27/h3-4,7-10,13-15H,2,5-6,11-12H2,1H3,(H,23,27)(H,24,28). The number of carbonyl (C=O) groups is 1. The highest BCUT2D eigenvalue weighted by Gasteiger charge is 2.36. The monoisotopic (exact) mass is 392 g/mol. The SMILES string of the molecule is CN1C2CCCC1CC(NC(=O)c1cccc3oc(-c4ccc[nH]c4=O)nc13)C2. The fourth-order valence-electron chi connectivity index (χ4n) is 4.83. The number of benzene rings is 1. The van der Waals surface area contributed by atoms with Crippen LogP contribution in [0, 0.1) is 0 Å². The van der Waals surface area contributed by atoms with Crippen LogP contribution in [0.25, 0.3) is 22.6 Å². The number of carbonyl (C=O) groups excluding carboxylic acids is 1. The van der Waals surface area contributed by atoms with E-state index in [0.29, 0.717) is 34.3 Å². The molecule has 2 aliphatic rings. The van der Waals surface area contributed by atoms with Gasteiger partial charge in [0.2, 0.25) is 5.89 Å². The molecule has 150 valence electrons. The van der Waals surface area contributed by atoms with Crippen LogP contribution in [0.1, 0.15) is 42.5 Å². The first-order chi connectivity index (χ1) is 14.1. The van der Waals surface area contributed by atoms with Crippen molar-refractivity contribution in [3.63, 3.8) is 0 Å². The van der Waals surface area contributed by atoms with Crippen molar-refractivity contribution in [2.24, 2.45) is 0 Å². The predicted molar refractivity (Wildman–Crippen MR) is 110 cm³/mol. The molecule has 2 aliphatic heterocycles. The number of para-hydroxylation sites is 1. The molecule has 0 radical (unpaired) electrons. The average Bonchev–Trinajstić information content (AvgIpc) is 3.13. The van der Waals surface area contributed by atoms with Gasteiger partial charge in [-0.05, 0) is 57.0 Å². The highest BCUT2D eigenvalue weighted by atomic mass is 16.3. The largest absolute Gasteiger partial charge is 0.436 e. The Balaban J connectivity index is 1.42. The number of rotatable bonds is 3. The normalized spacial score (nSPS) is 24.5. The smallest absolute Gasteiger partial charge is 0.260 e. The van der Waals surface area contributed by atoms with Gasteiger partial charge in [-0.15, -0.1) is 0 Å². The van der Waals surface area contributed by atoms with Crippen molar-refractivity contribution >= 4 is 17.0 Å².